The standard InChI is InChI=1S/C56H62O11/c1-58-55-54(64-38-46-30-18-7-19-31-46)52(62-36-44-26-14-5-15-27-44)51(49(66-55)40-60-34-42-22-10-3-11-23-42)67-56-53(63-37-45-28-16-6-17-29-45)50(61-35-43-24-12-4-13-25-43)47(32-57)48(65-56)39-59-33-41-20-8-2-9-21-41/h2-31,47-57H,32-40H2,1H3/t47-,48-,49-,50+,51-,52+,53-,54-,55+,56+/m1/s1. The third-order valence-corrected chi connectivity index (χ3v) is 12.1. The first-order valence-corrected chi connectivity index (χ1v) is 23.1. The molecule has 0 amide bonds. The first-order valence-electron chi connectivity index (χ1n) is 23.1. The summed E-state index contributed by atoms with van der Waals surface area (Å²) < 4.78 is 67.6. The molecule has 0 spiro atoms. The molecule has 67 heavy (non-hydrogen) atoms. The summed E-state index contributed by atoms with van der Waals surface area (Å²) in [7, 11) is 1.60. The normalized spacial score (nSPS) is 25.2. The van der Waals surface area contributed by atoms with Crippen molar-refractivity contribution in [2.45, 2.75) is 94.9 Å². The molecule has 352 valence electrons. The van der Waals surface area contributed by atoms with Gasteiger partial charge in [0, 0.05) is 13.0 Å². The highest BCUT2D eigenvalue weighted by Crippen LogP contribution is 2.37. The Morgan fingerprint density at radius 3 is 1.09 bits per heavy atom. The Labute approximate surface area is 394 Å². The van der Waals surface area contributed by atoms with Crippen molar-refractivity contribution in [2.24, 2.45) is 5.92 Å². The quantitative estimate of drug-likeness (QED) is 0.0629. The fraction of sp³-hybridized carbons (Fsp3) is 0.357. The SMILES string of the molecule is CO[C@H]1O[C@H](COCc2ccccc2)[C@@H](O[C@@H]2O[C@H](COCc3ccccc3)[C@@H](CO)[C@H](OCc3ccccc3)[C@H]2OCc2ccccc2)[C@H](OCc2ccccc2)[C@H]1OCc1ccccc1. The van der Waals surface area contributed by atoms with Crippen molar-refractivity contribution < 1.29 is 52.5 Å². The van der Waals surface area contributed by atoms with Gasteiger partial charge < -0.3 is 52.5 Å². The molecular formula is C56H62O11. The molecular weight excluding hydrogens is 849 g/mol. The van der Waals surface area contributed by atoms with E-state index in [9.17, 15) is 5.11 Å². The maximum atomic E-state index is 11.3. The molecule has 10 atom stereocenters. The lowest BCUT2D eigenvalue weighted by Gasteiger charge is -2.50. The van der Waals surface area contributed by atoms with Crippen LogP contribution in [-0.2, 0) is 87.0 Å². The van der Waals surface area contributed by atoms with E-state index < -0.39 is 61.2 Å². The van der Waals surface area contributed by atoms with E-state index in [1.807, 2.05) is 182 Å². The van der Waals surface area contributed by atoms with E-state index in [0.29, 0.717) is 13.2 Å². The van der Waals surface area contributed by atoms with Gasteiger partial charge in [-0.05, 0) is 33.4 Å². The van der Waals surface area contributed by atoms with Crippen molar-refractivity contribution >= 4 is 0 Å². The second-order valence-corrected chi connectivity index (χ2v) is 16.8. The number of aliphatic hydroxyl groups is 1. The highest BCUT2D eigenvalue weighted by molar-refractivity contribution is 5.18. The minimum Gasteiger partial charge on any atom is -0.396 e. The van der Waals surface area contributed by atoms with E-state index in [2.05, 4.69) is 0 Å². The molecule has 0 bridgehead atoms. The van der Waals surface area contributed by atoms with Gasteiger partial charge in [-0.25, -0.2) is 0 Å². The Morgan fingerprint density at radius 2 is 0.701 bits per heavy atom. The van der Waals surface area contributed by atoms with Gasteiger partial charge >= 0.3 is 0 Å². The third-order valence-electron chi connectivity index (χ3n) is 12.1. The molecule has 6 aromatic carbocycles. The largest absolute Gasteiger partial charge is 0.396 e. The predicted molar refractivity (Wildman–Crippen MR) is 252 cm³/mol. The lowest BCUT2D eigenvalue weighted by molar-refractivity contribution is -0.371. The van der Waals surface area contributed by atoms with E-state index in [0.717, 1.165) is 33.4 Å². The Hall–Kier alpha value is -5.12. The number of hydrogen-bond acceptors (Lipinski definition) is 11. The summed E-state index contributed by atoms with van der Waals surface area (Å²) in [6, 6.07) is 59.7. The first-order chi connectivity index (χ1) is 33.1. The summed E-state index contributed by atoms with van der Waals surface area (Å²) in [6.45, 7) is 1.68. The highest BCUT2D eigenvalue weighted by atomic mass is 16.8. The molecule has 8 rings (SSSR count). The molecule has 2 heterocycles. The Balaban J connectivity index is 1.16. The van der Waals surface area contributed by atoms with Crippen molar-refractivity contribution in [1.29, 1.82) is 0 Å². The van der Waals surface area contributed by atoms with Crippen LogP contribution in [0.3, 0.4) is 0 Å². The van der Waals surface area contributed by atoms with E-state index in [4.69, 9.17) is 47.4 Å². The molecule has 2 fully saturated rings. The van der Waals surface area contributed by atoms with Crippen molar-refractivity contribution in [2.75, 3.05) is 26.9 Å². The summed E-state index contributed by atoms with van der Waals surface area (Å²) in [5.74, 6) is -0.558. The van der Waals surface area contributed by atoms with Crippen molar-refractivity contribution in [3.63, 3.8) is 0 Å². The molecule has 0 radical (unpaired) electrons. The van der Waals surface area contributed by atoms with E-state index in [-0.39, 0.29) is 46.2 Å². The van der Waals surface area contributed by atoms with E-state index >= 15 is 0 Å². The van der Waals surface area contributed by atoms with Crippen LogP contribution in [0.15, 0.2) is 182 Å². The molecule has 0 aliphatic carbocycles. The van der Waals surface area contributed by atoms with Gasteiger partial charge in [0.2, 0.25) is 0 Å². The number of hydrogen-bond donors (Lipinski definition) is 1. The van der Waals surface area contributed by atoms with Gasteiger partial charge in [0.15, 0.2) is 12.6 Å². The first kappa shape index (κ1) is 48.3. The molecule has 6 aromatic rings. The molecule has 11 heteroatoms. The lowest BCUT2D eigenvalue weighted by atomic mass is 9.89. The zero-order valence-corrected chi connectivity index (χ0v) is 38.0. The van der Waals surface area contributed by atoms with Gasteiger partial charge in [0.25, 0.3) is 0 Å². The minimum absolute atomic E-state index is 0.120. The number of ether oxygens (including phenoxy) is 10. The minimum atomic E-state index is -1.08. The van der Waals surface area contributed by atoms with Crippen LogP contribution in [0, 0.1) is 5.92 Å². The van der Waals surface area contributed by atoms with E-state index in [1.54, 1.807) is 7.11 Å². The number of benzene rings is 6. The Bertz CT molecular complexity index is 2240. The predicted octanol–water partition coefficient (Wildman–Crippen LogP) is 8.85. The fourth-order valence-corrected chi connectivity index (χ4v) is 8.53. The van der Waals surface area contributed by atoms with Gasteiger partial charge in [0.05, 0.1) is 71.7 Å². The average Bonchev–Trinajstić information content (AvgIpc) is 3.38. The van der Waals surface area contributed by atoms with Gasteiger partial charge in [0.1, 0.15) is 30.5 Å². The van der Waals surface area contributed by atoms with Crippen LogP contribution in [0.4, 0.5) is 0 Å². The second kappa shape index (κ2) is 25.9. The second-order valence-electron chi connectivity index (χ2n) is 16.8. The lowest BCUT2D eigenvalue weighted by Crippen LogP contribution is -2.65. The summed E-state index contributed by atoms with van der Waals surface area (Å²) in [6.07, 6.45) is -7.33. The van der Waals surface area contributed by atoms with Gasteiger partial charge in [-0.2, -0.15) is 0 Å². The third kappa shape index (κ3) is 14.0. The van der Waals surface area contributed by atoms with Crippen LogP contribution in [0.5, 0.6) is 0 Å². The van der Waals surface area contributed by atoms with Gasteiger partial charge in [-0.1, -0.05) is 182 Å². The molecule has 2 saturated heterocycles. The van der Waals surface area contributed by atoms with Crippen LogP contribution in [-0.4, -0.2) is 87.3 Å². The van der Waals surface area contributed by atoms with Crippen molar-refractivity contribution in [3.05, 3.63) is 215 Å². The van der Waals surface area contributed by atoms with Crippen LogP contribution in [0.25, 0.3) is 0 Å². The topological polar surface area (TPSA) is 113 Å². The maximum Gasteiger partial charge on any atom is 0.187 e. The van der Waals surface area contributed by atoms with Crippen LogP contribution in [0.1, 0.15) is 33.4 Å². The van der Waals surface area contributed by atoms with Crippen LogP contribution in [0.2, 0.25) is 0 Å². The number of methoxy groups -OCH3 is 1. The summed E-state index contributed by atoms with van der Waals surface area (Å²) in [5.41, 5.74) is 5.88. The molecule has 2 aliphatic rings. The zero-order valence-electron chi connectivity index (χ0n) is 38.0. The zero-order chi connectivity index (χ0) is 45.9. The summed E-state index contributed by atoms with van der Waals surface area (Å²) in [5, 5.41) is 11.3. The summed E-state index contributed by atoms with van der Waals surface area (Å²) in [4.78, 5) is 0. The highest BCUT2D eigenvalue weighted by Gasteiger charge is 2.54. The van der Waals surface area contributed by atoms with Gasteiger partial charge in [-0.3, -0.25) is 0 Å². The number of aliphatic hydroxyl groups excluding tert-OH is 1. The van der Waals surface area contributed by atoms with Crippen molar-refractivity contribution in [1.82, 2.24) is 0 Å². The molecule has 2 aliphatic heterocycles. The molecule has 11 nitrogen and oxygen atoms in total. The Morgan fingerprint density at radius 1 is 0.373 bits per heavy atom. The molecule has 0 saturated carbocycles. The van der Waals surface area contributed by atoms with E-state index in [1.165, 1.54) is 0 Å². The van der Waals surface area contributed by atoms with Gasteiger partial charge in [-0.15, -0.1) is 0 Å². The fourth-order valence-electron chi connectivity index (χ4n) is 8.53. The molecule has 1 N–H and O–H groups in total. The molecule has 0 unspecified atom stereocenters. The Kier molecular flexibility index (Phi) is 18.7. The van der Waals surface area contributed by atoms with Crippen molar-refractivity contribution in [3.8, 4) is 0 Å². The smallest absolute Gasteiger partial charge is 0.187 e. The molecule has 0 aromatic heterocycles. The maximum absolute atomic E-state index is 11.3. The van der Waals surface area contributed by atoms with Crippen LogP contribution < -0.4 is 0 Å². The number of rotatable bonds is 24. The summed E-state index contributed by atoms with van der Waals surface area (Å²) >= 11 is 0. The monoisotopic (exact) mass is 910 g/mol. The van der Waals surface area contributed by atoms with Crippen LogP contribution >= 0.6 is 0 Å². The average molecular weight is 911 g/mol.